The van der Waals surface area contributed by atoms with E-state index in [0.717, 1.165) is 0 Å². The predicted octanol–water partition coefficient (Wildman–Crippen LogP) is -0.684. The summed E-state index contributed by atoms with van der Waals surface area (Å²) in [6, 6.07) is -0.370. The highest BCUT2D eigenvalue weighted by Gasteiger charge is 2.37. The molecule has 2 unspecified atom stereocenters. The van der Waals surface area contributed by atoms with E-state index in [1.807, 2.05) is 0 Å². The summed E-state index contributed by atoms with van der Waals surface area (Å²) in [5, 5.41) is 9.09. The Morgan fingerprint density at radius 3 is 3.00 bits per heavy atom. The number of likely N-dealkylation sites (N-methyl/N-ethyl adjacent to an activating group) is 1. The summed E-state index contributed by atoms with van der Waals surface area (Å²) in [5.74, 6) is -1.32. The van der Waals surface area contributed by atoms with Gasteiger partial charge in [-0.05, 0) is 0 Å². The van der Waals surface area contributed by atoms with Crippen LogP contribution in [0.1, 0.15) is 0 Å². The topological polar surface area (TPSA) is 84.7 Å². The lowest BCUT2D eigenvalue weighted by atomic mass is 10.0. The monoisotopic (exact) mass is 253 g/mol. The Balaban J connectivity index is 2.31. The van der Waals surface area contributed by atoms with Crippen LogP contribution in [0.3, 0.4) is 0 Å². The van der Waals surface area contributed by atoms with E-state index < -0.39 is 11.9 Å². The number of aliphatic carboxylic acids is 1. The molecule has 2 heterocycles. The maximum Gasteiger partial charge on any atom is 0.311 e. The van der Waals surface area contributed by atoms with E-state index >= 15 is 0 Å². The number of anilines is 1. The van der Waals surface area contributed by atoms with Crippen molar-refractivity contribution >= 4 is 11.8 Å². The number of hydrogen-bond donors (Lipinski definition) is 1. The summed E-state index contributed by atoms with van der Waals surface area (Å²) in [6.07, 6.45) is 3.07. The molecular formula is C11H15N3O4. The van der Waals surface area contributed by atoms with Crippen LogP contribution in [0.25, 0.3) is 0 Å². The molecule has 18 heavy (non-hydrogen) atoms. The molecule has 1 saturated heterocycles. The van der Waals surface area contributed by atoms with Crippen molar-refractivity contribution in [3.8, 4) is 0 Å². The first-order valence-corrected chi connectivity index (χ1v) is 5.57. The van der Waals surface area contributed by atoms with Gasteiger partial charge in [0.15, 0.2) is 5.82 Å². The molecule has 1 aliphatic heterocycles. The van der Waals surface area contributed by atoms with E-state index in [1.165, 1.54) is 10.8 Å². The molecule has 2 rings (SSSR count). The Kier molecular flexibility index (Phi) is 3.33. The summed E-state index contributed by atoms with van der Waals surface area (Å²) in [7, 11) is 3.29. The Labute approximate surface area is 104 Å². The van der Waals surface area contributed by atoms with E-state index in [-0.39, 0.29) is 30.6 Å². The van der Waals surface area contributed by atoms with Gasteiger partial charge in [0, 0.05) is 26.5 Å². The van der Waals surface area contributed by atoms with Crippen molar-refractivity contribution in [2.75, 3.05) is 25.2 Å². The van der Waals surface area contributed by atoms with Crippen molar-refractivity contribution in [2.24, 2.45) is 13.0 Å². The third-order valence-electron chi connectivity index (χ3n) is 3.20. The normalized spacial score (nSPS) is 23.0. The van der Waals surface area contributed by atoms with Crippen molar-refractivity contribution in [2.45, 2.75) is 6.04 Å². The molecule has 2 atom stereocenters. The SMILES string of the molecule is CN(c1nccn(C)c1=O)C1COCC1C(=O)O. The van der Waals surface area contributed by atoms with Crippen LogP contribution in [0.4, 0.5) is 5.82 Å². The number of carboxylic acid groups (broad SMARTS) is 1. The third kappa shape index (κ3) is 2.08. The van der Waals surface area contributed by atoms with Gasteiger partial charge in [0.1, 0.15) is 5.92 Å². The second kappa shape index (κ2) is 4.77. The zero-order valence-electron chi connectivity index (χ0n) is 10.2. The largest absolute Gasteiger partial charge is 0.481 e. The second-order valence-corrected chi connectivity index (χ2v) is 4.33. The molecule has 1 aliphatic rings. The van der Waals surface area contributed by atoms with Gasteiger partial charge in [-0.15, -0.1) is 0 Å². The zero-order valence-corrected chi connectivity index (χ0v) is 10.2. The van der Waals surface area contributed by atoms with Gasteiger partial charge >= 0.3 is 5.97 Å². The maximum absolute atomic E-state index is 11.9. The van der Waals surface area contributed by atoms with E-state index in [4.69, 9.17) is 9.84 Å². The van der Waals surface area contributed by atoms with Crippen LogP contribution >= 0.6 is 0 Å². The summed E-state index contributed by atoms with van der Waals surface area (Å²) in [5.41, 5.74) is -0.254. The number of hydrogen-bond acceptors (Lipinski definition) is 5. The van der Waals surface area contributed by atoms with Crippen LogP contribution in [-0.2, 0) is 16.6 Å². The van der Waals surface area contributed by atoms with Crippen molar-refractivity contribution < 1.29 is 14.6 Å². The minimum Gasteiger partial charge on any atom is -0.481 e. The van der Waals surface area contributed by atoms with Gasteiger partial charge in [-0.1, -0.05) is 0 Å². The Hall–Kier alpha value is -1.89. The van der Waals surface area contributed by atoms with E-state index in [1.54, 1.807) is 25.2 Å². The van der Waals surface area contributed by atoms with Gasteiger partial charge < -0.3 is 19.3 Å². The van der Waals surface area contributed by atoms with Crippen molar-refractivity contribution in [1.82, 2.24) is 9.55 Å². The number of carboxylic acids is 1. The Morgan fingerprint density at radius 1 is 1.61 bits per heavy atom. The number of rotatable bonds is 3. The quantitative estimate of drug-likeness (QED) is 0.768. The molecule has 1 N–H and O–H groups in total. The van der Waals surface area contributed by atoms with Crippen molar-refractivity contribution in [1.29, 1.82) is 0 Å². The molecule has 1 aromatic rings. The van der Waals surface area contributed by atoms with Crippen molar-refractivity contribution in [3.63, 3.8) is 0 Å². The number of carbonyl (C=O) groups is 1. The third-order valence-corrected chi connectivity index (χ3v) is 3.20. The van der Waals surface area contributed by atoms with E-state index in [2.05, 4.69) is 4.98 Å². The number of aromatic nitrogens is 2. The Morgan fingerprint density at radius 2 is 2.33 bits per heavy atom. The highest BCUT2D eigenvalue weighted by molar-refractivity contribution is 5.72. The van der Waals surface area contributed by atoms with Crippen molar-refractivity contribution in [3.05, 3.63) is 22.7 Å². The van der Waals surface area contributed by atoms with Gasteiger partial charge in [-0.25, -0.2) is 4.98 Å². The summed E-state index contributed by atoms with van der Waals surface area (Å²) in [4.78, 5) is 28.6. The van der Waals surface area contributed by atoms with Gasteiger partial charge in [0.25, 0.3) is 5.56 Å². The molecule has 1 aromatic heterocycles. The van der Waals surface area contributed by atoms with Crippen LogP contribution in [0.15, 0.2) is 17.2 Å². The average molecular weight is 253 g/mol. The summed E-state index contributed by atoms with van der Waals surface area (Å²) < 4.78 is 6.59. The molecule has 0 aromatic carbocycles. The predicted molar refractivity (Wildman–Crippen MR) is 63.6 cm³/mol. The molecule has 0 saturated carbocycles. The first kappa shape index (κ1) is 12.6. The van der Waals surface area contributed by atoms with Crippen LogP contribution in [0.5, 0.6) is 0 Å². The summed E-state index contributed by atoms with van der Waals surface area (Å²) >= 11 is 0. The van der Waals surface area contributed by atoms with Crippen LogP contribution < -0.4 is 10.5 Å². The molecule has 0 aliphatic carbocycles. The molecule has 0 amide bonds. The molecule has 7 nitrogen and oxygen atoms in total. The fourth-order valence-electron chi connectivity index (χ4n) is 2.04. The smallest absolute Gasteiger partial charge is 0.311 e. The Bertz CT molecular complexity index is 513. The number of ether oxygens (including phenoxy) is 1. The van der Waals surface area contributed by atoms with Crippen LogP contribution in [0, 0.1) is 5.92 Å². The van der Waals surface area contributed by atoms with E-state index in [0.29, 0.717) is 0 Å². The van der Waals surface area contributed by atoms with Crippen LogP contribution in [-0.4, -0.2) is 46.9 Å². The van der Waals surface area contributed by atoms with Gasteiger partial charge in [-0.3, -0.25) is 9.59 Å². The molecule has 7 heteroatoms. The van der Waals surface area contributed by atoms with E-state index in [9.17, 15) is 9.59 Å². The minimum absolute atomic E-state index is 0.164. The maximum atomic E-state index is 11.9. The molecular weight excluding hydrogens is 238 g/mol. The number of nitrogens with zero attached hydrogens (tertiary/aromatic N) is 3. The standard InChI is InChI=1S/C11H15N3O4/c1-13-4-3-12-9(10(13)15)14(2)8-6-18-5-7(8)11(16)17/h3-4,7-8H,5-6H2,1-2H3,(H,16,17). The molecule has 0 spiro atoms. The number of aryl methyl sites for hydroxylation is 1. The lowest BCUT2D eigenvalue weighted by Crippen LogP contribution is -2.44. The van der Waals surface area contributed by atoms with Gasteiger partial charge in [0.2, 0.25) is 0 Å². The highest BCUT2D eigenvalue weighted by atomic mass is 16.5. The lowest BCUT2D eigenvalue weighted by Gasteiger charge is -2.26. The molecule has 98 valence electrons. The first-order chi connectivity index (χ1) is 8.52. The lowest BCUT2D eigenvalue weighted by molar-refractivity contribution is -0.141. The van der Waals surface area contributed by atoms with Gasteiger partial charge in [-0.2, -0.15) is 0 Å². The molecule has 0 bridgehead atoms. The minimum atomic E-state index is -0.919. The average Bonchev–Trinajstić information content (AvgIpc) is 2.81. The summed E-state index contributed by atoms with van der Waals surface area (Å²) in [6.45, 7) is 0.449. The highest BCUT2D eigenvalue weighted by Crippen LogP contribution is 2.21. The van der Waals surface area contributed by atoms with Gasteiger partial charge in [0.05, 0.1) is 19.3 Å². The fourth-order valence-corrected chi connectivity index (χ4v) is 2.04. The zero-order chi connectivity index (χ0) is 13.3. The molecule has 0 radical (unpaired) electrons. The second-order valence-electron chi connectivity index (χ2n) is 4.33. The fraction of sp³-hybridized carbons (Fsp3) is 0.545. The van der Waals surface area contributed by atoms with Crippen LogP contribution in [0.2, 0.25) is 0 Å². The first-order valence-electron chi connectivity index (χ1n) is 5.57. The molecule has 1 fully saturated rings.